The van der Waals surface area contributed by atoms with Crippen molar-refractivity contribution in [3.63, 3.8) is 0 Å². The number of nitrogens with one attached hydrogen (secondary N) is 1. The van der Waals surface area contributed by atoms with Crippen molar-refractivity contribution in [3.8, 4) is 0 Å². The summed E-state index contributed by atoms with van der Waals surface area (Å²) in [7, 11) is 1.80. The summed E-state index contributed by atoms with van der Waals surface area (Å²) >= 11 is 0. The fourth-order valence-corrected chi connectivity index (χ4v) is 3.97. The second-order valence-corrected chi connectivity index (χ2v) is 7.05. The van der Waals surface area contributed by atoms with E-state index >= 15 is 0 Å². The number of hydrogen-bond donors (Lipinski definition) is 2. The van der Waals surface area contributed by atoms with Crippen molar-refractivity contribution in [1.82, 2.24) is 10.2 Å². The molecule has 2 N–H and O–H groups in total. The van der Waals surface area contributed by atoms with Crippen molar-refractivity contribution in [2.45, 2.75) is 70.4 Å². The first-order valence-electron chi connectivity index (χ1n) is 8.69. The average Bonchev–Trinajstić information content (AvgIpc) is 3.00. The molecule has 2 amide bonds. The van der Waals surface area contributed by atoms with Gasteiger partial charge in [0.05, 0.1) is 6.10 Å². The van der Waals surface area contributed by atoms with Crippen molar-refractivity contribution in [2.75, 3.05) is 13.6 Å². The second-order valence-electron chi connectivity index (χ2n) is 7.05. The van der Waals surface area contributed by atoms with E-state index in [0.29, 0.717) is 6.54 Å². The Morgan fingerprint density at radius 2 is 1.73 bits per heavy atom. The van der Waals surface area contributed by atoms with E-state index in [1.807, 2.05) is 0 Å². The topological polar surface area (TPSA) is 69.6 Å². The molecule has 126 valence electrons. The van der Waals surface area contributed by atoms with E-state index in [1.54, 1.807) is 11.9 Å². The van der Waals surface area contributed by atoms with Crippen LogP contribution in [0.25, 0.3) is 0 Å². The summed E-state index contributed by atoms with van der Waals surface area (Å²) in [6, 6.07) is -0.397. The molecule has 3 unspecified atom stereocenters. The van der Waals surface area contributed by atoms with E-state index in [9.17, 15) is 14.7 Å². The first kappa shape index (κ1) is 17.3. The van der Waals surface area contributed by atoms with Gasteiger partial charge in [-0.1, -0.05) is 25.7 Å². The molecule has 2 rings (SSSR count). The van der Waals surface area contributed by atoms with Crippen LogP contribution in [0.2, 0.25) is 0 Å². The SMILES string of the molecule is CC(=O)NC(C(=O)N(C)CC1CCCCC1O)C1CCCC1. The Kier molecular flexibility index (Phi) is 6.24. The molecule has 2 aliphatic rings. The summed E-state index contributed by atoms with van der Waals surface area (Å²) in [6.45, 7) is 2.06. The Hall–Kier alpha value is -1.10. The summed E-state index contributed by atoms with van der Waals surface area (Å²) in [6.07, 6.45) is 8.02. The minimum Gasteiger partial charge on any atom is -0.393 e. The van der Waals surface area contributed by atoms with Crippen LogP contribution in [0.5, 0.6) is 0 Å². The number of carbonyl (C=O) groups is 2. The standard InChI is InChI=1S/C17H30N2O3/c1-12(20)18-16(13-7-3-4-8-13)17(22)19(2)11-14-9-5-6-10-15(14)21/h13-16,21H,3-11H2,1-2H3,(H,18,20). The molecule has 0 spiro atoms. The average molecular weight is 310 g/mol. The summed E-state index contributed by atoms with van der Waals surface area (Å²) in [4.78, 5) is 26.0. The summed E-state index contributed by atoms with van der Waals surface area (Å²) < 4.78 is 0. The van der Waals surface area contributed by atoms with E-state index in [4.69, 9.17) is 0 Å². The third-order valence-electron chi connectivity index (χ3n) is 5.25. The Labute approximate surface area is 133 Å². The van der Waals surface area contributed by atoms with Crippen molar-refractivity contribution < 1.29 is 14.7 Å². The maximum absolute atomic E-state index is 12.8. The number of rotatable bonds is 5. The lowest BCUT2D eigenvalue weighted by molar-refractivity contribution is -0.137. The smallest absolute Gasteiger partial charge is 0.245 e. The second kappa shape index (κ2) is 7.95. The lowest BCUT2D eigenvalue weighted by atomic mass is 9.86. The molecule has 5 heteroatoms. The van der Waals surface area contributed by atoms with Crippen LogP contribution < -0.4 is 5.32 Å². The number of aliphatic hydroxyl groups is 1. The predicted octanol–water partition coefficient (Wildman–Crippen LogP) is 1.69. The van der Waals surface area contributed by atoms with E-state index in [2.05, 4.69) is 5.32 Å². The fourth-order valence-electron chi connectivity index (χ4n) is 3.97. The molecule has 2 aliphatic carbocycles. The van der Waals surface area contributed by atoms with Crippen LogP contribution in [0, 0.1) is 11.8 Å². The van der Waals surface area contributed by atoms with Gasteiger partial charge in [0.1, 0.15) is 6.04 Å². The number of likely N-dealkylation sites (N-methyl/N-ethyl adjacent to an activating group) is 1. The van der Waals surface area contributed by atoms with Gasteiger partial charge in [-0.15, -0.1) is 0 Å². The fraction of sp³-hybridized carbons (Fsp3) is 0.882. The zero-order valence-corrected chi connectivity index (χ0v) is 13.9. The molecule has 0 aliphatic heterocycles. The molecule has 0 radical (unpaired) electrons. The lowest BCUT2D eigenvalue weighted by Gasteiger charge is -2.34. The molecule has 3 atom stereocenters. The quantitative estimate of drug-likeness (QED) is 0.812. The number of carbonyl (C=O) groups excluding carboxylic acids is 2. The highest BCUT2D eigenvalue weighted by Crippen LogP contribution is 2.29. The Morgan fingerprint density at radius 1 is 1.14 bits per heavy atom. The van der Waals surface area contributed by atoms with Crippen LogP contribution in [0.4, 0.5) is 0 Å². The molecular weight excluding hydrogens is 280 g/mol. The molecule has 2 saturated carbocycles. The van der Waals surface area contributed by atoms with Crippen LogP contribution in [-0.2, 0) is 9.59 Å². The van der Waals surface area contributed by atoms with Gasteiger partial charge in [-0.2, -0.15) is 0 Å². The van der Waals surface area contributed by atoms with Crippen molar-refractivity contribution >= 4 is 11.8 Å². The third-order valence-corrected chi connectivity index (χ3v) is 5.25. The van der Waals surface area contributed by atoms with E-state index < -0.39 is 6.04 Å². The predicted molar refractivity (Wildman–Crippen MR) is 85.2 cm³/mol. The summed E-state index contributed by atoms with van der Waals surface area (Å²) in [5, 5.41) is 12.9. The highest BCUT2D eigenvalue weighted by atomic mass is 16.3. The highest BCUT2D eigenvalue weighted by molar-refractivity contribution is 5.87. The zero-order valence-electron chi connectivity index (χ0n) is 13.9. The van der Waals surface area contributed by atoms with E-state index in [-0.39, 0.29) is 29.8 Å². The first-order valence-corrected chi connectivity index (χ1v) is 8.69. The molecule has 0 aromatic heterocycles. The Morgan fingerprint density at radius 3 is 2.32 bits per heavy atom. The molecule has 5 nitrogen and oxygen atoms in total. The number of aliphatic hydroxyl groups excluding tert-OH is 1. The van der Waals surface area contributed by atoms with Gasteiger partial charge in [0.25, 0.3) is 0 Å². The monoisotopic (exact) mass is 310 g/mol. The molecule has 0 aromatic rings. The lowest BCUT2D eigenvalue weighted by Crippen LogP contribution is -2.52. The Bertz CT molecular complexity index is 393. The normalized spacial score (nSPS) is 27.4. The molecule has 22 heavy (non-hydrogen) atoms. The van der Waals surface area contributed by atoms with Crippen LogP contribution in [0.15, 0.2) is 0 Å². The molecule has 0 bridgehead atoms. The van der Waals surface area contributed by atoms with Crippen molar-refractivity contribution in [3.05, 3.63) is 0 Å². The number of nitrogens with zero attached hydrogens (tertiary/aromatic N) is 1. The van der Waals surface area contributed by atoms with E-state index in [1.165, 1.54) is 6.92 Å². The molecule has 0 aromatic carbocycles. The van der Waals surface area contributed by atoms with Crippen LogP contribution in [0.3, 0.4) is 0 Å². The molecule has 0 heterocycles. The number of amides is 2. The molecular formula is C17H30N2O3. The maximum atomic E-state index is 12.8. The number of hydrogen-bond acceptors (Lipinski definition) is 3. The minimum atomic E-state index is -0.397. The first-order chi connectivity index (χ1) is 10.5. The van der Waals surface area contributed by atoms with Crippen LogP contribution in [-0.4, -0.2) is 47.6 Å². The minimum absolute atomic E-state index is 0.000117. The third kappa shape index (κ3) is 4.45. The van der Waals surface area contributed by atoms with Crippen molar-refractivity contribution in [2.24, 2.45) is 11.8 Å². The largest absolute Gasteiger partial charge is 0.393 e. The van der Waals surface area contributed by atoms with Crippen LogP contribution >= 0.6 is 0 Å². The van der Waals surface area contributed by atoms with Gasteiger partial charge < -0.3 is 15.3 Å². The van der Waals surface area contributed by atoms with E-state index in [0.717, 1.165) is 51.4 Å². The van der Waals surface area contributed by atoms with Gasteiger partial charge in [0, 0.05) is 26.4 Å². The van der Waals surface area contributed by atoms with Crippen LogP contribution in [0.1, 0.15) is 58.3 Å². The van der Waals surface area contributed by atoms with Gasteiger partial charge >= 0.3 is 0 Å². The van der Waals surface area contributed by atoms with Gasteiger partial charge in [0.15, 0.2) is 0 Å². The summed E-state index contributed by atoms with van der Waals surface area (Å²) in [5.41, 5.74) is 0. The Balaban J connectivity index is 1.96. The summed E-state index contributed by atoms with van der Waals surface area (Å²) in [5.74, 6) is 0.288. The van der Waals surface area contributed by atoms with Crippen molar-refractivity contribution in [1.29, 1.82) is 0 Å². The maximum Gasteiger partial charge on any atom is 0.245 e. The van der Waals surface area contributed by atoms with Gasteiger partial charge in [-0.05, 0) is 31.6 Å². The molecule has 2 fully saturated rings. The van der Waals surface area contributed by atoms with Gasteiger partial charge in [-0.3, -0.25) is 9.59 Å². The van der Waals surface area contributed by atoms with Gasteiger partial charge in [0.2, 0.25) is 11.8 Å². The molecule has 0 saturated heterocycles. The van der Waals surface area contributed by atoms with Gasteiger partial charge in [-0.25, -0.2) is 0 Å². The zero-order chi connectivity index (χ0) is 16.1. The highest BCUT2D eigenvalue weighted by Gasteiger charge is 2.34.